The summed E-state index contributed by atoms with van der Waals surface area (Å²) in [7, 11) is 0. The molecule has 3 atom stereocenters. The largest absolute Gasteiger partial charge is 0.394 e. The van der Waals surface area contributed by atoms with Crippen LogP contribution >= 0.6 is 22.6 Å². The molecule has 0 aliphatic carbocycles. The number of rotatable bonds is 2. The van der Waals surface area contributed by atoms with Gasteiger partial charge >= 0.3 is 11.6 Å². The molecule has 0 bridgehead atoms. The van der Waals surface area contributed by atoms with Crippen LogP contribution in [0.25, 0.3) is 0 Å². The topological polar surface area (TPSA) is 84.6 Å². The lowest BCUT2D eigenvalue weighted by Crippen LogP contribution is -2.41. The molecule has 1 aliphatic heterocycles. The third-order valence-electron chi connectivity index (χ3n) is 2.61. The maximum absolute atomic E-state index is 13.7. The number of ether oxygens (including phenoxy) is 1. The van der Waals surface area contributed by atoms with Gasteiger partial charge in [-0.15, -0.1) is 0 Å². The summed E-state index contributed by atoms with van der Waals surface area (Å²) in [4.78, 5) is 15.0. The predicted molar refractivity (Wildman–Crippen MR) is 63.2 cm³/mol. The van der Waals surface area contributed by atoms with E-state index in [0.717, 1.165) is 6.20 Å². The van der Waals surface area contributed by atoms with E-state index in [1.165, 1.54) is 6.07 Å². The summed E-state index contributed by atoms with van der Waals surface area (Å²) >= 11 is 1.77. The van der Waals surface area contributed by atoms with E-state index in [0.29, 0.717) is 8.27 Å². The van der Waals surface area contributed by atoms with Gasteiger partial charge in [-0.05, 0) is 28.7 Å². The van der Waals surface area contributed by atoms with Crippen molar-refractivity contribution in [3.63, 3.8) is 0 Å². The number of aromatic nitrogens is 2. The number of nitrogens with zero attached hydrogens (tertiary/aromatic N) is 2. The summed E-state index contributed by atoms with van der Waals surface area (Å²) in [5.74, 6) is -3.67. The van der Waals surface area contributed by atoms with Crippen LogP contribution in [0.1, 0.15) is 6.23 Å². The minimum absolute atomic E-state index is 0.356. The number of aliphatic hydroxyl groups excluding tert-OH is 2. The average molecular weight is 374 g/mol. The highest BCUT2D eigenvalue weighted by atomic mass is 127. The highest BCUT2D eigenvalue weighted by molar-refractivity contribution is 14.1. The molecule has 0 aromatic carbocycles. The van der Waals surface area contributed by atoms with Gasteiger partial charge in [0.25, 0.3) is 0 Å². The van der Waals surface area contributed by atoms with E-state index in [2.05, 4.69) is 4.98 Å². The Balaban J connectivity index is 2.42. The number of halogens is 3. The SMILES string of the molecule is O=c1nc(I)ccn1[C@@H]1O[C@H](CO)C(O)C1(F)F. The molecule has 1 aromatic heterocycles. The van der Waals surface area contributed by atoms with Crippen LogP contribution in [-0.2, 0) is 4.74 Å². The van der Waals surface area contributed by atoms with Gasteiger partial charge in [-0.2, -0.15) is 13.8 Å². The van der Waals surface area contributed by atoms with Crippen molar-refractivity contribution < 1.29 is 23.7 Å². The van der Waals surface area contributed by atoms with E-state index in [-0.39, 0.29) is 0 Å². The van der Waals surface area contributed by atoms with Gasteiger partial charge in [-0.3, -0.25) is 4.57 Å². The summed E-state index contributed by atoms with van der Waals surface area (Å²) in [5, 5.41) is 18.1. The standard InChI is InChI=1S/C9H9F2IN2O4/c10-9(11)6(16)4(3-15)18-7(9)14-2-1-5(12)13-8(14)17/h1-2,4,6-7,15-16H,3H2/t4-,6?,7-/m1/s1. The fraction of sp³-hybridized carbons (Fsp3) is 0.556. The first kappa shape index (κ1) is 13.8. The lowest BCUT2D eigenvalue weighted by Gasteiger charge is -2.20. The molecule has 6 nitrogen and oxygen atoms in total. The summed E-state index contributed by atoms with van der Waals surface area (Å²) < 4.78 is 33.2. The zero-order valence-electron chi connectivity index (χ0n) is 8.83. The first-order valence-electron chi connectivity index (χ1n) is 4.95. The van der Waals surface area contributed by atoms with Crippen LogP contribution in [0.15, 0.2) is 17.1 Å². The summed E-state index contributed by atoms with van der Waals surface area (Å²) in [5.41, 5.74) is -0.905. The Morgan fingerprint density at radius 2 is 2.28 bits per heavy atom. The van der Waals surface area contributed by atoms with Gasteiger partial charge in [0, 0.05) is 6.20 Å². The van der Waals surface area contributed by atoms with E-state index in [4.69, 9.17) is 9.84 Å². The molecular weight excluding hydrogens is 365 g/mol. The number of hydrogen-bond donors (Lipinski definition) is 2. The molecule has 2 N–H and O–H groups in total. The van der Waals surface area contributed by atoms with Crippen molar-refractivity contribution in [2.45, 2.75) is 24.4 Å². The Morgan fingerprint density at radius 3 is 2.78 bits per heavy atom. The van der Waals surface area contributed by atoms with Crippen molar-refractivity contribution in [1.82, 2.24) is 9.55 Å². The van der Waals surface area contributed by atoms with Crippen molar-refractivity contribution in [3.8, 4) is 0 Å². The maximum atomic E-state index is 13.7. The molecule has 18 heavy (non-hydrogen) atoms. The summed E-state index contributed by atoms with van der Waals surface area (Å²) in [6.07, 6.45) is -4.46. The summed E-state index contributed by atoms with van der Waals surface area (Å²) in [6.45, 7) is -0.764. The monoisotopic (exact) mass is 374 g/mol. The van der Waals surface area contributed by atoms with Crippen molar-refractivity contribution in [1.29, 1.82) is 0 Å². The van der Waals surface area contributed by atoms with Crippen molar-refractivity contribution >= 4 is 22.6 Å². The number of alkyl halides is 2. The van der Waals surface area contributed by atoms with Gasteiger partial charge < -0.3 is 14.9 Å². The first-order valence-corrected chi connectivity index (χ1v) is 6.02. The third-order valence-corrected chi connectivity index (χ3v) is 3.21. The molecular formula is C9H9F2IN2O4. The maximum Gasteiger partial charge on any atom is 0.350 e. The third kappa shape index (κ3) is 2.15. The molecule has 0 saturated carbocycles. The zero-order valence-corrected chi connectivity index (χ0v) is 11.0. The second-order valence-corrected chi connectivity index (χ2v) is 4.87. The van der Waals surface area contributed by atoms with Crippen LogP contribution < -0.4 is 5.69 Å². The Labute approximate surface area is 113 Å². The van der Waals surface area contributed by atoms with Crippen LogP contribution in [-0.4, -0.2) is 44.5 Å². The smallest absolute Gasteiger partial charge is 0.350 e. The Kier molecular flexibility index (Phi) is 3.67. The molecule has 9 heteroatoms. The summed E-state index contributed by atoms with van der Waals surface area (Å²) in [6, 6.07) is 1.36. The fourth-order valence-corrected chi connectivity index (χ4v) is 2.06. The van der Waals surface area contributed by atoms with Gasteiger partial charge in [0.05, 0.1) is 6.61 Å². The Bertz CT molecular complexity index is 510. The van der Waals surface area contributed by atoms with Crippen molar-refractivity contribution in [2.24, 2.45) is 0 Å². The van der Waals surface area contributed by atoms with Crippen LogP contribution in [0, 0.1) is 3.70 Å². The fourth-order valence-electron chi connectivity index (χ4n) is 1.69. The molecule has 1 fully saturated rings. The quantitative estimate of drug-likeness (QED) is 0.550. The van der Waals surface area contributed by atoms with E-state index in [1.807, 2.05) is 0 Å². The second-order valence-electron chi connectivity index (χ2n) is 3.77. The van der Waals surface area contributed by atoms with Crippen LogP contribution in [0.4, 0.5) is 8.78 Å². The van der Waals surface area contributed by atoms with E-state index in [9.17, 15) is 18.7 Å². The highest BCUT2D eigenvalue weighted by Crippen LogP contribution is 2.41. The predicted octanol–water partition coefficient (Wildman–Crippen LogP) is -0.266. The van der Waals surface area contributed by atoms with Crippen molar-refractivity contribution in [2.75, 3.05) is 6.61 Å². The lowest BCUT2D eigenvalue weighted by molar-refractivity contribution is -0.141. The van der Waals surface area contributed by atoms with Gasteiger partial charge in [-0.1, -0.05) is 0 Å². The van der Waals surface area contributed by atoms with Crippen LogP contribution in [0.2, 0.25) is 0 Å². The molecule has 0 spiro atoms. The zero-order chi connectivity index (χ0) is 13.5. The van der Waals surface area contributed by atoms with E-state index < -0.39 is 36.7 Å². The molecule has 2 heterocycles. The van der Waals surface area contributed by atoms with Crippen molar-refractivity contribution in [3.05, 3.63) is 26.4 Å². The Morgan fingerprint density at radius 1 is 1.61 bits per heavy atom. The minimum atomic E-state index is -3.67. The minimum Gasteiger partial charge on any atom is -0.394 e. The normalized spacial score (nSPS) is 30.6. The van der Waals surface area contributed by atoms with Gasteiger partial charge in [0.15, 0.2) is 6.10 Å². The molecule has 2 rings (SSSR count). The molecule has 1 aliphatic rings. The van der Waals surface area contributed by atoms with Gasteiger partial charge in [0.2, 0.25) is 6.23 Å². The molecule has 1 aromatic rings. The molecule has 0 radical (unpaired) electrons. The Hall–Kier alpha value is -0.650. The molecule has 1 unspecified atom stereocenters. The number of hydrogen-bond acceptors (Lipinski definition) is 5. The van der Waals surface area contributed by atoms with Gasteiger partial charge in [-0.25, -0.2) is 4.79 Å². The second kappa shape index (κ2) is 4.79. The van der Waals surface area contributed by atoms with E-state index in [1.54, 1.807) is 22.6 Å². The molecule has 1 saturated heterocycles. The molecule has 0 amide bonds. The first-order chi connectivity index (χ1) is 8.37. The highest BCUT2D eigenvalue weighted by Gasteiger charge is 2.59. The van der Waals surface area contributed by atoms with E-state index >= 15 is 0 Å². The average Bonchev–Trinajstić information content (AvgIpc) is 2.52. The number of aliphatic hydroxyl groups is 2. The van der Waals surface area contributed by atoms with Crippen LogP contribution in [0.3, 0.4) is 0 Å². The van der Waals surface area contributed by atoms with Crippen LogP contribution in [0.5, 0.6) is 0 Å². The lowest BCUT2D eigenvalue weighted by atomic mass is 10.1. The van der Waals surface area contributed by atoms with Gasteiger partial charge in [0.1, 0.15) is 9.80 Å². The molecule has 100 valence electrons.